The first-order chi connectivity index (χ1) is 11.1. The van der Waals surface area contributed by atoms with Crippen LogP contribution in [0, 0.1) is 11.8 Å². The van der Waals surface area contributed by atoms with Crippen LogP contribution in [-0.2, 0) is 45.7 Å². The molecule has 0 radical (unpaired) electrons. The summed E-state index contributed by atoms with van der Waals surface area (Å²) in [5.74, 6) is -0.536. The third-order valence-corrected chi connectivity index (χ3v) is 4.31. The summed E-state index contributed by atoms with van der Waals surface area (Å²) in [5, 5.41) is 1.52. The van der Waals surface area contributed by atoms with Crippen LogP contribution >= 0.6 is 47.8 Å². The Morgan fingerprint density at radius 3 is 1.32 bits per heavy atom. The van der Waals surface area contributed by atoms with Gasteiger partial charge in [0, 0.05) is 10.7 Å². The molecule has 3 unspecified atom stereocenters. The molecule has 0 aliphatic carbocycles. The Hall–Kier alpha value is 0.369. The van der Waals surface area contributed by atoms with E-state index in [1.165, 1.54) is 21.3 Å². The van der Waals surface area contributed by atoms with Crippen LogP contribution < -0.4 is 0 Å². The van der Waals surface area contributed by atoms with Gasteiger partial charge in [0.05, 0.1) is 33.2 Å². The molecule has 0 saturated heterocycles. The molecule has 0 heterocycles. The number of methoxy groups -OCH3 is 3. The molecule has 154 valence electrons. The quantitative estimate of drug-likeness (QED) is 0.199. The fourth-order valence-corrected chi connectivity index (χ4v) is 2.05. The molecule has 0 fully saturated rings. The minimum Gasteiger partial charge on any atom is -0.469 e. The zero-order chi connectivity index (χ0) is 19.7. The largest absolute Gasteiger partial charge is 1.00 e. The Morgan fingerprint density at radius 1 is 0.800 bits per heavy atom. The molecular weight excluding hydrogens is 579 g/mol. The van der Waals surface area contributed by atoms with Gasteiger partial charge in [0.2, 0.25) is 0 Å². The summed E-state index contributed by atoms with van der Waals surface area (Å²) < 4.78 is 13.3. The van der Waals surface area contributed by atoms with Gasteiger partial charge in [-0.05, 0) is 13.3 Å². The Kier molecular flexibility index (Phi) is 29.6. The summed E-state index contributed by atoms with van der Waals surface area (Å²) in [4.78, 5) is 31.2. The van der Waals surface area contributed by atoms with Gasteiger partial charge in [0.25, 0.3) is 0 Å². The van der Waals surface area contributed by atoms with E-state index >= 15 is 0 Å². The normalized spacial score (nSPS) is 12.4. The average Bonchev–Trinajstić information content (AvgIpc) is 2.59. The molecule has 0 amide bonds. The molecule has 0 aliphatic heterocycles. The van der Waals surface area contributed by atoms with Gasteiger partial charge in [-0.1, -0.05) is 61.6 Å². The summed E-state index contributed by atoms with van der Waals surface area (Å²) in [5.41, 5.74) is 0. The number of alkyl halides is 3. The van der Waals surface area contributed by atoms with E-state index in [1.54, 1.807) is 13.8 Å². The molecule has 0 rings (SSSR count). The second-order valence-corrected chi connectivity index (χ2v) is 7.43. The van der Waals surface area contributed by atoms with E-state index in [0.29, 0.717) is 5.33 Å². The first-order valence-electron chi connectivity index (χ1n) is 7.12. The van der Waals surface area contributed by atoms with Crippen LogP contribution in [0.4, 0.5) is 0 Å². The van der Waals surface area contributed by atoms with Crippen molar-refractivity contribution in [2.24, 2.45) is 11.8 Å². The molecule has 0 spiro atoms. The number of hydrogen-bond acceptors (Lipinski definition) is 6. The zero-order valence-electron chi connectivity index (χ0n) is 15.2. The van der Waals surface area contributed by atoms with Crippen molar-refractivity contribution in [3.05, 3.63) is 0 Å². The Balaban J connectivity index is -0.000000131. The predicted molar refractivity (Wildman–Crippen MR) is 105 cm³/mol. The van der Waals surface area contributed by atoms with Gasteiger partial charge >= 0.3 is 35.0 Å². The van der Waals surface area contributed by atoms with E-state index in [2.05, 4.69) is 62.0 Å². The maximum absolute atomic E-state index is 10.7. The number of hydrogen-bond donors (Lipinski definition) is 0. The minimum absolute atomic E-state index is 0. The second kappa shape index (κ2) is 22.4. The van der Waals surface area contributed by atoms with E-state index in [-0.39, 0.29) is 51.6 Å². The van der Waals surface area contributed by atoms with Crippen molar-refractivity contribution in [1.82, 2.24) is 0 Å². The number of esters is 3. The maximum atomic E-state index is 10.7. The predicted octanol–water partition coefficient (Wildman–Crippen LogP) is 3.71. The molecule has 10 heteroatoms. The van der Waals surface area contributed by atoms with Crippen molar-refractivity contribution in [2.75, 3.05) is 32.0 Å². The Labute approximate surface area is 186 Å². The van der Waals surface area contributed by atoms with Crippen LogP contribution in [0.5, 0.6) is 0 Å². The molecule has 0 aliphatic rings. The fourth-order valence-electron chi connectivity index (χ4n) is 0.909. The monoisotopic (exact) mass is 603 g/mol. The Bertz CT molecular complexity index is 356. The molecule has 0 N–H and O–H groups in total. The van der Waals surface area contributed by atoms with Crippen molar-refractivity contribution < 1.29 is 45.7 Å². The van der Waals surface area contributed by atoms with E-state index in [1.807, 2.05) is 6.92 Å². The smallest absolute Gasteiger partial charge is 0.469 e. The van der Waals surface area contributed by atoms with Crippen LogP contribution in [0.1, 0.15) is 27.2 Å². The minimum atomic E-state index is -0.236. The van der Waals surface area contributed by atoms with Crippen molar-refractivity contribution in [3.8, 4) is 0 Å². The van der Waals surface area contributed by atoms with Crippen molar-refractivity contribution in [2.45, 2.75) is 32.0 Å². The molecule has 0 saturated carbocycles. The van der Waals surface area contributed by atoms with Crippen LogP contribution in [0.15, 0.2) is 0 Å². The number of rotatable bonds is 6. The molecule has 25 heavy (non-hydrogen) atoms. The maximum Gasteiger partial charge on any atom is 1.00 e. The number of carbonyl (C=O) groups excluding carboxylic acids is 3. The van der Waals surface area contributed by atoms with E-state index in [4.69, 9.17) is 0 Å². The fraction of sp³-hybridized carbons (Fsp3) is 0.800. The second-order valence-electron chi connectivity index (χ2n) is 4.62. The molecule has 0 bridgehead atoms. The first-order valence-corrected chi connectivity index (χ1v) is 10.3. The van der Waals surface area contributed by atoms with E-state index < -0.39 is 0 Å². The summed E-state index contributed by atoms with van der Waals surface area (Å²) >= 11 is 9.42. The average molecular weight is 607 g/mol. The summed E-state index contributed by atoms with van der Waals surface area (Å²) in [6.45, 7) is 5.37. The third kappa shape index (κ3) is 22.3. The third-order valence-electron chi connectivity index (χ3n) is 2.51. The molecule has 6 nitrogen and oxygen atoms in total. The van der Waals surface area contributed by atoms with Crippen LogP contribution in [0.3, 0.4) is 0 Å². The van der Waals surface area contributed by atoms with Gasteiger partial charge in [0.1, 0.15) is 4.83 Å². The van der Waals surface area contributed by atoms with Crippen LogP contribution in [0.2, 0.25) is 0 Å². The van der Waals surface area contributed by atoms with Gasteiger partial charge in [-0.3, -0.25) is 14.4 Å². The SMILES string of the molecule is COC(=O)C(C)Br.COC(=O)C(C)CBr.COC(=O)C(C)CCBr.[Cu+]. The summed E-state index contributed by atoms with van der Waals surface area (Å²) in [6.07, 6.45) is 0.840. The number of carbonyl (C=O) groups is 3. The van der Waals surface area contributed by atoms with Crippen molar-refractivity contribution in [3.63, 3.8) is 0 Å². The van der Waals surface area contributed by atoms with Gasteiger partial charge in [-0.25, -0.2) is 0 Å². The first kappa shape index (κ1) is 33.0. The topological polar surface area (TPSA) is 78.9 Å². The number of halogens is 3. The van der Waals surface area contributed by atoms with E-state index in [0.717, 1.165) is 11.8 Å². The van der Waals surface area contributed by atoms with Crippen LogP contribution in [0.25, 0.3) is 0 Å². The van der Waals surface area contributed by atoms with Crippen molar-refractivity contribution in [1.29, 1.82) is 0 Å². The van der Waals surface area contributed by atoms with Gasteiger partial charge < -0.3 is 14.2 Å². The van der Waals surface area contributed by atoms with Gasteiger partial charge in [-0.15, -0.1) is 0 Å². The van der Waals surface area contributed by atoms with Gasteiger partial charge in [0.15, 0.2) is 0 Å². The van der Waals surface area contributed by atoms with Gasteiger partial charge in [-0.2, -0.15) is 0 Å². The summed E-state index contributed by atoms with van der Waals surface area (Å²) in [7, 11) is 4.16. The van der Waals surface area contributed by atoms with Crippen LogP contribution in [-0.4, -0.2) is 54.7 Å². The molecule has 3 atom stereocenters. The number of ether oxygens (including phenoxy) is 3. The Morgan fingerprint density at radius 2 is 1.16 bits per heavy atom. The standard InChI is InChI=1S/C6H11BrO2.C5H9BrO2.C4H7BrO2.Cu/c1-5(3-4-7)6(8)9-2;1-4(3-6)5(7)8-2;1-3(5)4(6)7-2;/h5H,3-4H2,1-2H3;4H,3H2,1-2H3;3H,1-2H3;/q;;;+1. The molecule has 0 aromatic rings. The molecular formula is C15H27Br3CuO6+. The molecule has 0 aromatic carbocycles. The zero-order valence-corrected chi connectivity index (χ0v) is 20.9. The van der Waals surface area contributed by atoms with E-state index in [9.17, 15) is 14.4 Å². The summed E-state index contributed by atoms with van der Waals surface area (Å²) in [6, 6.07) is 0. The molecule has 0 aromatic heterocycles. The van der Waals surface area contributed by atoms with Crippen molar-refractivity contribution >= 4 is 65.7 Å².